The SMILES string of the molecule is CCc1cnc(CNc2nc3ccc(F)cc3[nH]2)o1. The van der Waals surface area contributed by atoms with Gasteiger partial charge < -0.3 is 14.7 Å². The number of benzene rings is 1. The zero-order valence-corrected chi connectivity index (χ0v) is 10.4. The molecule has 1 aromatic carbocycles. The van der Waals surface area contributed by atoms with E-state index >= 15 is 0 Å². The maximum Gasteiger partial charge on any atom is 0.213 e. The van der Waals surface area contributed by atoms with Crippen LogP contribution in [0.4, 0.5) is 10.3 Å². The van der Waals surface area contributed by atoms with Crippen LogP contribution in [0.25, 0.3) is 11.0 Å². The lowest BCUT2D eigenvalue weighted by molar-refractivity contribution is 0.465. The maximum atomic E-state index is 13.0. The van der Waals surface area contributed by atoms with Gasteiger partial charge in [-0.1, -0.05) is 6.92 Å². The van der Waals surface area contributed by atoms with Crippen LogP contribution in [0.2, 0.25) is 0 Å². The lowest BCUT2D eigenvalue weighted by atomic mass is 10.3. The molecule has 0 atom stereocenters. The van der Waals surface area contributed by atoms with Crippen LogP contribution in [0.15, 0.2) is 28.8 Å². The van der Waals surface area contributed by atoms with E-state index in [1.807, 2.05) is 6.92 Å². The third-order valence-electron chi connectivity index (χ3n) is 2.80. The highest BCUT2D eigenvalue weighted by atomic mass is 19.1. The molecule has 0 bridgehead atoms. The molecule has 0 unspecified atom stereocenters. The summed E-state index contributed by atoms with van der Waals surface area (Å²) < 4.78 is 18.5. The molecule has 5 nitrogen and oxygen atoms in total. The molecule has 0 aliphatic rings. The summed E-state index contributed by atoms with van der Waals surface area (Å²) in [7, 11) is 0. The highest BCUT2D eigenvalue weighted by Gasteiger charge is 2.06. The van der Waals surface area contributed by atoms with Crippen molar-refractivity contribution in [1.29, 1.82) is 0 Å². The third kappa shape index (κ3) is 2.42. The molecule has 19 heavy (non-hydrogen) atoms. The average molecular weight is 260 g/mol. The van der Waals surface area contributed by atoms with Gasteiger partial charge in [-0.05, 0) is 18.2 Å². The van der Waals surface area contributed by atoms with Gasteiger partial charge in [0.15, 0.2) is 0 Å². The average Bonchev–Trinajstić information content (AvgIpc) is 3.01. The highest BCUT2D eigenvalue weighted by Crippen LogP contribution is 2.16. The van der Waals surface area contributed by atoms with Gasteiger partial charge in [-0.3, -0.25) is 0 Å². The van der Waals surface area contributed by atoms with Crippen LogP contribution >= 0.6 is 0 Å². The van der Waals surface area contributed by atoms with Crippen molar-refractivity contribution < 1.29 is 8.81 Å². The van der Waals surface area contributed by atoms with Gasteiger partial charge in [0.1, 0.15) is 11.6 Å². The number of oxazole rings is 1. The monoisotopic (exact) mass is 260 g/mol. The Bertz CT molecular complexity index is 704. The zero-order valence-electron chi connectivity index (χ0n) is 10.4. The first-order chi connectivity index (χ1) is 9.24. The number of nitrogens with one attached hydrogen (secondary N) is 2. The number of rotatable bonds is 4. The highest BCUT2D eigenvalue weighted by molar-refractivity contribution is 5.77. The van der Waals surface area contributed by atoms with Crippen molar-refractivity contribution in [3.63, 3.8) is 0 Å². The largest absolute Gasteiger partial charge is 0.444 e. The standard InChI is InChI=1S/C13H13FN4O/c1-2-9-6-15-12(19-9)7-16-13-17-10-4-3-8(14)5-11(10)18-13/h3-6H,2,7H2,1H3,(H2,16,17,18). The van der Waals surface area contributed by atoms with Crippen molar-refractivity contribution in [2.45, 2.75) is 19.9 Å². The molecule has 0 aliphatic heterocycles. The third-order valence-corrected chi connectivity index (χ3v) is 2.80. The molecule has 3 rings (SSSR count). The number of aryl methyl sites for hydroxylation is 1. The van der Waals surface area contributed by atoms with Gasteiger partial charge in [-0.2, -0.15) is 0 Å². The molecule has 0 amide bonds. The van der Waals surface area contributed by atoms with Gasteiger partial charge in [0.25, 0.3) is 0 Å². The van der Waals surface area contributed by atoms with Crippen LogP contribution in [0, 0.1) is 5.82 Å². The predicted octanol–water partition coefficient (Wildman–Crippen LogP) is 2.86. The van der Waals surface area contributed by atoms with Crippen LogP contribution in [-0.4, -0.2) is 15.0 Å². The Hall–Kier alpha value is -2.37. The van der Waals surface area contributed by atoms with E-state index in [1.54, 1.807) is 12.3 Å². The number of aromatic amines is 1. The van der Waals surface area contributed by atoms with Crippen molar-refractivity contribution in [3.8, 4) is 0 Å². The van der Waals surface area contributed by atoms with E-state index in [1.165, 1.54) is 12.1 Å². The first-order valence-electron chi connectivity index (χ1n) is 6.07. The molecular formula is C13H13FN4O. The molecule has 0 aliphatic carbocycles. The molecule has 6 heteroatoms. The van der Waals surface area contributed by atoms with Crippen molar-refractivity contribution in [3.05, 3.63) is 41.9 Å². The Morgan fingerprint density at radius 1 is 1.42 bits per heavy atom. The van der Waals surface area contributed by atoms with Gasteiger partial charge >= 0.3 is 0 Å². The molecule has 0 saturated heterocycles. The van der Waals surface area contributed by atoms with Crippen molar-refractivity contribution >= 4 is 17.0 Å². The topological polar surface area (TPSA) is 66.7 Å². The van der Waals surface area contributed by atoms with Crippen LogP contribution in [0.3, 0.4) is 0 Å². The number of aromatic nitrogens is 3. The lowest BCUT2D eigenvalue weighted by Crippen LogP contribution is -2.00. The van der Waals surface area contributed by atoms with Crippen LogP contribution in [-0.2, 0) is 13.0 Å². The van der Waals surface area contributed by atoms with E-state index in [0.29, 0.717) is 29.4 Å². The summed E-state index contributed by atoms with van der Waals surface area (Å²) in [5.41, 5.74) is 1.37. The molecule has 2 N–H and O–H groups in total. The van der Waals surface area contributed by atoms with Gasteiger partial charge in [0, 0.05) is 6.42 Å². The minimum atomic E-state index is -0.289. The van der Waals surface area contributed by atoms with Crippen molar-refractivity contribution in [2.24, 2.45) is 0 Å². The van der Waals surface area contributed by atoms with Crippen molar-refractivity contribution in [1.82, 2.24) is 15.0 Å². The summed E-state index contributed by atoms with van der Waals surface area (Å²) in [5.74, 6) is 1.73. The maximum absolute atomic E-state index is 13.0. The summed E-state index contributed by atoms with van der Waals surface area (Å²) >= 11 is 0. The Kier molecular flexibility index (Phi) is 2.91. The lowest BCUT2D eigenvalue weighted by Gasteiger charge is -1.97. The number of nitrogens with zero attached hydrogens (tertiary/aromatic N) is 2. The number of hydrogen-bond donors (Lipinski definition) is 2. The fourth-order valence-electron chi connectivity index (χ4n) is 1.82. The summed E-state index contributed by atoms with van der Waals surface area (Å²) in [6.45, 7) is 2.44. The quantitative estimate of drug-likeness (QED) is 0.757. The van der Waals surface area contributed by atoms with Gasteiger partial charge in [-0.25, -0.2) is 14.4 Å². The van der Waals surface area contributed by atoms with E-state index in [2.05, 4.69) is 20.3 Å². The van der Waals surface area contributed by atoms with Gasteiger partial charge in [0.05, 0.1) is 23.8 Å². The first-order valence-corrected chi connectivity index (χ1v) is 6.07. The minimum Gasteiger partial charge on any atom is -0.444 e. The number of fused-ring (bicyclic) bond motifs is 1. The van der Waals surface area contributed by atoms with E-state index in [-0.39, 0.29) is 5.82 Å². The molecule has 0 saturated carbocycles. The summed E-state index contributed by atoms with van der Waals surface area (Å²) in [4.78, 5) is 11.4. The number of halogens is 1. The number of imidazole rings is 1. The van der Waals surface area contributed by atoms with E-state index < -0.39 is 0 Å². The molecular weight excluding hydrogens is 247 g/mol. The number of anilines is 1. The molecule has 0 fully saturated rings. The van der Waals surface area contributed by atoms with Crippen LogP contribution in [0.1, 0.15) is 18.6 Å². The molecule has 0 spiro atoms. The van der Waals surface area contributed by atoms with Crippen LogP contribution in [0.5, 0.6) is 0 Å². The van der Waals surface area contributed by atoms with Crippen LogP contribution < -0.4 is 5.32 Å². The second-order valence-corrected chi connectivity index (χ2v) is 4.17. The fourth-order valence-corrected chi connectivity index (χ4v) is 1.82. The van der Waals surface area contributed by atoms with E-state index in [4.69, 9.17) is 4.42 Å². The van der Waals surface area contributed by atoms with Gasteiger partial charge in [-0.15, -0.1) is 0 Å². The van der Waals surface area contributed by atoms with Gasteiger partial charge in [0.2, 0.25) is 11.8 Å². The Morgan fingerprint density at radius 2 is 2.32 bits per heavy atom. The minimum absolute atomic E-state index is 0.289. The Labute approximate surface area is 108 Å². The Balaban J connectivity index is 1.74. The van der Waals surface area contributed by atoms with E-state index in [9.17, 15) is 4.39 Å². The zero-order chi connectivity index (χ0) is 13.2. The normalized spacial score (nSPS) is 11.1. The molecule has 2 aromatic heterocycles. The van der Waals surface area contributed by atoms with Crippen molar-refractivity contribution in [2.75, 3.05) is 5.32 Å². The predicted molar refractivity (Wildman–Crippen MR) is 69.3 cm³/mol. The summed E-state index contributed by atoms with van der Waals surface area (Å²) in [6.07, 6.45) is 2.53. The van der Waals surface area contributed by atoms with E-state index in [0.717, 1.165) is 12.2 Å². The Morgan fingerprint density at radius 3 is 3.11 bits per heavy atom. The smallest absolute Gasteiger partial charge is 0.213 e. The number of hydrogen-bond acceptors (Lipinski definition) is 4. The molecule has 2 heterocycles. The fraction of sp³-hybridized carbons (Fsp3) is 0.231. The molecule has 98 valence electrons. The number of H-pyrrole nitrogens is 1. The summed E-state index contributed by atoms with van der Waals surface area (Å²) in [6, 6.07) is 4.43. The molecule has 0 radical (unpaired) electrons. The molecule has 3 aromatic rings. The summed E-state index contributed by atoms with van der Waals surface area (Å²) in [5, 5.41) is 3.06. The second-order valence-electron chi connectivity index (χ2n) is 4.17. The first kappa shape index (κ1) is 11.7. The second kappa shape index (κ2) is 4.72.